The number of aryl methyl sites for hydroxylation is 1. The van der Waals surface area contributed by atoms with Gasteiger partial charge in [-0.05, 0) is 59.8 Å². The zero-order chi connectivity index (χ0) is 28.8. The van der Waals surface area contributed by atoms with Crippen LogP contribution in [0, 0.1) is 6.92 Å². The lowest BCUT2D eigenvalue weighted by molar-refractivity contribution is -0.391. The number of thiophene rings is 1. The molecule has 1 N–H and O–H groups in total. The Morgan fingerprint density at radius 3 is 2.41 bits per heavy atom. The van der Waals surface area contributed by atoms with Gasteiger partial charge in [0.2, 0.25) is 0 Å². The molecule has 41 heavy (non-hydrogen) atoms. The molecule has 6 rings (SSSR count). The number of amides is 1. The average Bonchev–Trinajstić information content (AvgIpc) is 3.33. The number of fused-ring (bicyclic) bond motifs is 2. The molecule has 3 heterocycles. The van der Waals surface area contributed by atoms with Crippen LogP contribution in [0.1, 0.15) is 20.8 Å². The summed E-state index contributed by atoms with van der Waals surface area (Å²) < 4.78 is 62.8. The van der Waals surface area contributed by atoms with E-state index in [-0.39, 0.29) is 5.69 Å². The van der Waals surface area contributed by atoms with Gasteiger partial charge in [-0.1, -0.05) is 36.4 Å². The highest BCUT2D eigenvalue weighted by molar-refractivity contribution is 7.13. The van der Waals surface area contributed by atoms with Crippen molar-refractivity contribution in [3.8, 4) is 11.5 Å². The van der Waals surface area contributed by atoms with Gasteiger partial charge in [-0.15, -0.1) is 11.3 Å². The Bertz CT molecular complexity index is 1760. The number of anilines is 3. The van der Waals surface area contributed by atoms with E-state index in [4.69, 9.17) is 0 Å². The van der Waals surface area contributed by atoms with E-state index in [0.717, 1.165) is 39.8 Å². The number of pyridine rings is 1. The summed E-state index contributed by atoms with van der Waals surface area (Å²) in [7, 11) is 0. The molecule has 1 aliphatic rings. The summed E-state index contributed by atoms with van der Waals surface area (Å²) in [5, 5.41) is 5.52. The quantitative estimate of drug-likeness (QED) is 0.206. The molecule has 1 aliphatic heterocycles. The maximum Gasteiger partial charge on any atom is 0.507 e. The Kier molecular flexibility index (Phi) is 6.53. The third-order valence-corrected chi connectivity index (χ3v) is 7.66. The molecule has 0 aliphatic carbocycles. The van der Waals surface area contributed by atoms with Gasteiger partial charge < -0.3 is 19.7 Å². The van der Waals surface area contributed by atoms with Gasteiger partial charge in [0.05, 0.1) is 11.2 Å². The molecule has 0 unspecified atom stereocenters. The predicted octanol–water partition coefficient (Wildman–Crippen LogP) is 8.15. The van der Waals surface area contributed by atoms with E-state index in [1.807, 2.05) is 77.9 Å². The van der Waals surface area contributed by atoms with Gasteiger partial charge in [0.25, 0.3) is 5.91 Å². The first-order valence-corrected chi connectivity index (χ1v) is 13.3. The van der Waals surface area contributed by atoms with Crippen LogP contribution in [0.5, 0.6) is 11.5 Å². The van der Waals surface area contributed by atoms with Crippen LogP contribution in [-0.2, 0) is 6.54 Å². The maximum absolute atomic E-state index is 13.7. The minimum absolute atomic E-state index is 0.0711. The Balaban J connectivity index is 1.35. The van der Waals surface area contributed by atoms with Gasteiger partial charge >= 0.3 is 12.2 Å². The highest BCUT2D eigenvalue weighted by Gasteiger charge is 2.65. The van der Waals surface area contributed by atoms with E-state index in [9.17, 15) is 22.4 Å². The SMILES string of the molecule is Cc1csc(C(=O)Nc2ccc3c(c2)OC(F)(F)C(F)(F)O3)c1N(Cc1ccnc2ccccc12)c1ccccc1. The van der Waals surface area contributed by atoms with Crippen LogP contribution in [0.4, 0.5) is 34.6 Å². The molecule has 0 atom stereocenters. The summed E-state index contributed by atoms with van der Waals surface area (Å²) >= 11 is 1.23. The minimum Gasteiger partial charge on any atom is -0.421 e. The average molecular weight is 580 g/mol. The minimum atomic E-state index is -4.87. The van der Waals surface area contributed by atoms with Crippen molar-refractivity contribution in [2.75, 3.05) is 10.2 Å². The van der Waals surface area contributed by atoms with Crippen LogP contribution in [0.15, 0.2) is 90.4 Å². The fraction of sp³-hybridized carbons (Fsp3) is 0.133. The third-order valence-electron chi connectivity index (χ3n) is 6.57. The van der Waals surface area contributed by atoms with Crippen LogP contribution >= 0.6 is 11.3 Å². The van der Waals surface area contributed by atoms with E-state index in [1.165, 1.54) is 17.4 Å². The van der Waals surface area contributed by atoms with Crippen LogP contribution in [-0.4, -0.2) is 23.1 Å². The Hall–Kier alpha value is -4.64. The zero-order valence-corrected chi connectivity index (χ0v) is 22.2. The number of alkyl halides is 4. The van der Waals surface area contributed by atoms with Gasteiger partial charge in [-0.3, -0.25) is 9.78 Å². The number of hydrogen-bond acceptors (Lipinski definition) is 6. The number of nitrogens with one attached hydrogen (secondary N) is 1. The van der Waals surface area contributed by atoms with Crippen molar-refractivity contribution in [3.63, 3.8) is 0 Å². The van der Waals surface area contributed by atoms with E-state index < -0.39 is 29.6 Å². The lowest BCUT2D eigenvalue weighted by atomic mass is 10.1. The highest BCUT2D eigenvalue weighted by atomic mass is 32.1. The van der Waals surface area contributed by atoms with Crippen LogP contribution in [0.2, 0.25) is 0 Å². The van der Waals surface area contributed by atoms with Crippen molar-refractivity contribution in [3.05, 3.63) is 106 Å². The number of hydrogen-bond donors (Lipinski definition) is 1. The molecule has 5 aromatic rings. The van der Waals surface area contributed by atoms with E-state index in [2.05, 4.69) is 19.8 Å². The molecule has 1 amide bonds. The number of carbonyl (C=O) groups is 1. The van der Waals surface area contributed by atoms with Crippen LogP contribution in [0.3, 0.4) is 0 Å². The third kappa shape index (κ3) is 4.93. The molecule has 6 nitrogen and oxygen atoms in total. The number of halogens is 4. The number of para-hydroxylation sites is 2. The second-order valence-electron chi connectivity index (χ2n) is 9.36. The number of nitrogens with zero attached hydrogens (tertiary/aromatic N) is 2. The molecule has 0 saturated carbocycles. The molecule has 0 fully saturated rings. The van der Waals surface area contributed by atoms with Crippen LogP contribution < -0.4 is 19.7 Å². The van der Waals surface area contributed by atoms with Crippen molar-refractivity contribution in [1.29, 1.82) is 0 Å². The van der Waals surface area contributed by atoms with E-state index in [0.29, 0.717) is 17.1 Å². The summed E-state index contributed by atoms with van der Waals surface area (Å²) in [5.74, 6) is -1.68. The van der Waals surface area contributed by atoms with E-state index in [1.54, 1.807) is 6.20 Å². The molecule has 0 spiro atoms. The number of aromatic nitrogens is 1. The van der Waals surface area contributed by atoms with Crippen molar-refractivity contribution < 1.29 is 31.8 Å². The molecular weight excluding hydrogens is 558 g/mol. The fourth-order valence-corrected chi connectivity index (χ4v) is 5.59. The lowest BCUT2D eigenvalue weighted by Gasteiger charge is -2.32. The molecule has 2 aromatic heterocycles. The van der Waals surface area contributed by atoms with Crippen LogP contribution in [0.25, 0.3) is 10.9 Å². The second kappa shape index (κ2) is 10.1. The smallest absolute Gasteiger partial charge is 0.421 e. The standard InChI is InChI=1S/C30H21F4N3O3S/c1-18-17-41-27(28(38)36-20-11-12-24-25(15-20)40-30(33,34)29(31,32)39-24)26(18)37(21-7-3-2-4-8-21)16-19-13-14-35-23-10-6-5-9-22(19)23/h2-15,17H,16H2,1H3,(H,36,38). The van der Waals surface area contributed by atoms with Crippen molar-refractivity contribution in [2.24, 2.45) is 0 Å². The number of rotatable bonds is 6. The fourth-order valence-electron chi connectivity index (χ4n) is 4.64. The lowest BCUT2D eigenvalue weighted by Crippen LogP contribution is -2.52. The molecule has 0 saturated heterocycles. The number of ether oxygens (including phenoxy) is 2. The largest absolute Gasteiger partial charge is 0.507 e. The molecule has 0 radical (unpaired) electrons. The van der Waals surface area contributed by atoms with Gasteiger partial charge in [-0.25, -0.2) is 0 Å². The Labute approximate surface area is 235 Å². The molecule has 0 bridgehead atoms. The number of carbonyl (C=O) groups excluding carboxylic acids is 1. The van der Waals surface area contributed by atoms with Gasteiger partial charge in [0.15, 0.2) is 11.5 Å². The first-order chi connectivity index (χ1) is 19.6. The normalized spacial score (nSPS) is 15.0. The van der Waals surface area contributed by atoms with Gasteiger partial charge in [0.1, 0.15) is 4.88 Å². The Morgan fingerprint density at radius 1 is 0.927 bits per heavy atom. The Morgan fingerprint density at radius 2 is 1.63 bits per heavy atom. The van der Waals surface area contributed by atoms with Gasteiger partial charge in [-0.2, -0.15) is 17.6 Å². The summed E-state index contributed by atoms with van der Waals surface area (Å²) in [5.41, 5.74) is 4.30. The first-order valence-electron chi connectivity index (χ1n) is 12.5. The van der Waals surface area contributed by atoms with Crippen molar-refractivity contribution >= 4 is 45.2 Å². The second-order valence-corrected chi connectivity index (χ2v) is 10.2. The molecule has 208 valence electrons. The summed E-state index contributed by atoms with van der Waals surface area (Å²) in [6, 6.07) is 22.7. The van der Waals surface area contributed by atoms with Crippen molar-refractivity contribution in [2.45, 2.75) is 25.7 Å². The molecule has 11 heteroatoms. The summed E-state index contributed by atoms with van der Waals surface area (Å²) in [6.07, 6.45) is -7.95. The topological polar surface area (TPSA) is 63.7 Å². The first kappa shape index (κ1) is 26.6. The highest BCUT2D eigenvalue weighted by Crippen LogP contribution is 2.48. The van der Waals surface area contributed by atoms with E-state index >= 15 is 0 Å². The predicted molar refractivity (Wildman–Crippen MR) is 149 cm³/mol. The maximum atomic E-state index is 13.7. The van der Waals surface area contributed by atoms with Crippen molar-refractivity contribution in [1.82, 2.24) is 4.98 Å². The monoisotopic (exact) mass is 579 g/mol. The molecular formula is C30H21F4N3O3S. The van der Waals surface area contributed by atoms with Gasteiger partial charge in [0, 0.05) is 35.6 Å². The summed E-state index contributed by atoms with van der Waals surface area (Å²) in [4.78, 5) is 20.4. The zero-order valence-electron chi connectivity index (χ0n) is 21.4. The molecule has 3 aromatic carbocycles. The number of benzene rings is 3. The summed E-state index contributed by atoms with van der Waals surface area (Å²) in [6.45, 7) is 2.33.